The van der Waals surface area contributed by atoms with Crippen molar-refractivity contribution < 1.29 is 13.2 Å². The molecule has 0 fully saturated rings. The second-order valence-electron chi connectivity index (χ2n) is 7.44. The summed E-state index contributed by atoms with van der Waals surface area (Å²) in [5.41, 5.74) is 2.24. The van der Waals surface area contributed by atoms with E-state index in [4.69, 9.17) is 0 Å². The van der Waals surface area contributed by atoms with Gasteiger partial charge in [-0.15, -0.1) is 0 Å². The van der Waals surface area contributed by atoms with Gasteiger partial charge in [-0.25, -0.2) is 8.42 Å². The molecule has 0 aromatic heterocycles. The Balaban J connectivity index is 1.52. The molecule has 0 radical (unpaired) electrons. The summed E-state index contributed by atoms with van der Waals surface area (Å²) < 4.78 is 27.8. The number of benzene rings is 4. The van der Waals surface area contributed by atoms with Crippen LogP contribution in [0.3, 0.4) is 0 Å². The van der Waals surface area contributed by atoms with E-state index in [1.807, 2.05) is 78.9 Å². The maximum absolute atomic E-state index is 13.5. The molecule has 0 bridgehead atoms. The van der Waals surface area contributed by atoms with Crippen molar-refractivity contribution in [3.8, 4) is 0 Å². The molecular formula is C25H20N2O3S. The van der Waals surface area contributed by atoms with Crippen LogP contribution in [-0.4, -0.2) is 20.9 Å². The summed E-state index contributed by atoms with van der Waals surface area (Å²) in [4.78, 5) is 15.4. The standard InChI is InChI=1S/C25H20N2O3S/c28-24(26(21-13-5-2-6-14-21)17-19-9-3-1-4-10-19)18-27-22-15-7-11-20-12-8-16-23(25(20)22)31(27,29)30/h1-16H,17-18H2. The Hall–Kier alpha value is -3.64. The van der Waals surface area contributed by atoms with Gasteiger partial charge in [-0.1, -0.05) is 72.8 Å². The summed E-state index contributed by atoms with van der Waals surface area (Å²) in [6.07, 6.45) is 0. The van der Waals surface area contributed by atoms with Gasteiger partial charge < -0.3 is 4.90 Å². The van der Waals surface area contributed by atoms with Gasteiger partial charge in [0.15, 0.2) is 0 Å². The fraction of sp³-hybridized carbons (Fsp3) is 0.0800. The minimum absolute atomic E-state index is 0.253. The van der Waals surface area contributed by atoms with Crippen molar-refractivity contribution in [1.29, 1.82) is 0 Å². The number of para-hydroxylation sites is 1. The average Bonchev–Trinajstić information content (AvgIpc) is 3.02. The summed E-state index contributed by atoms with van der Waals surface area (Å²) in [5.74, 6) is -0.288. The first kappa shape index (κ1) is 19.3. The van der Waals surface area contributed by atoms with Crippen molar-refractivity contribution >= 4 is 38.1 Å². The van der Waals surface area contributed by atoms with Crippen LogP contribution in [0, 0.1) is 0 Å². The Bertz CT molecular complexity index is 1360. The lowest BCUT2D eigenvalue weighted by Crippen LogP contribution is -2.41. The van der Waals surface area contributed by atoms with Crippen molar-refractivity contribution in [2.75, 3.05) is 15.7 Å². The molecule has 6 heteroatoms. The molecule has 1 amide bonds. The third-order valence-corrected chi connectivity index (χ3v) is 7.31. The number of nitrogens with zero attached hydrogens (tertiary/aromatic N) is 2. The molecule has 0 spiro atoms. The molecule has 4 aromatic rings. The maximum atomic E-state index is 13.5. The van der Waals surface area contributed by atoms with E-state index in [1.54, 1.807) is 23.1 Å². The SMILES string of the molecule is O=C(CN1c2cccc3cccc(c23)S1(=O)=O)N(Cc1ccccc1)c1ccccc1. The first-order valence-corrected chi connectivity index (χ1v) is 11.4. The molecule has 0 saturated carbocycles. The van der Waals surface area contributed by atoms with Gasteiger partial charge in [0, 0.05) is 11.1 Å². The summed E-state index contributed by atoms with van der Waals surface area (Å²) >= 11 is 0. The Labute approximate surface area is 181 Å². The molecule has 0 aliphatic carbocycles. The van der Waals surface area contributed by atoms with Gasteiger partial charge >= 0.3 is 0 Å². The van der Waals surface area contributed by atoms with Gasteiger partial charge in [0.05, 0.1) is 17.1 Å². The lowest BCUT2D eigenvalue weighted by molar-refractivity contribution is -0.117. The van der Waals surface area contributed by atoms with Crippen LogP contribution in [0.15, 0.2) is 102 Å². The summed E-state index contributed by atoms with van der Waals surface area (Å²) in [7, 11) is -3.80. The smallest absolute Gasteiger partial charge is 0.265 e. The zero-order valence-corrected chi connectivity index (χ0v) is 17.5. The van der Waals surface area contributed by atoms with Gasteiger partial charge in [-0.2, -0.15) is 0 Å². The van der Waals surface area contributed by atoms with E-state index < -0.39 is 10.0 Å². The molecule has 0 N–H and O–H groups in total. The molecule has 1 heterocycles. The Morgan fingerprint density at radius 2 is 1.42 bits per heavy atom. The van der Waals surface area contributed by atoms with Crippen LogP contribution in [0.4, 0.5) is 11.4 Å². The monoisotopic (exact) mass is 428 g/mol. The first-order valence-electron chi connectivity index (χ1n) is 9.99. The van der Waals surface area contributed by atoms with E-state index in [-0.39, 0.29) is 17.3 Å². The predicted molar refractivity (Wildman–Crippen MR) is 123 cm³/mol. The number of hydrogen-bond donors (Lipinski definition) is 0. The maximum Gasteiger partial charge on any atom is 0.265 e. The number of carbonyl (C=O) groups is 1. The Morgan fingerprint density at radius 1 is 0.774 bits per heavy atom. The lowest BCUT2D eigenvalue weighted by Gasteiger charge is -2.26. The van der Waals surface area contributed by atoms with E-state index in [1.165, 1.54) is 4.31 Å². The van der Waals surface area contributed by atoms with Gasteiger partial charge in [-0.05, 0) is 35.2 Å². The normalized spacial score (nSPS) is 14.0. The van der Waals surface area contributed by atoms with Crippen molar-refractivity contribution in [2.45, 2.75) is 11.4 Å². The molecule has 5 nitrogen and oxygen atoms in total. The van der Waals surface area contributed by atoms with Gasteiger partial charge in [0.25, 0.3) is 10.0 Å². The van der Waals surface area contributed by atoms with Gasteiger partial charge in [-0.3, -0.25) is 9.10 Å². The van der Waals surface area contributed by atoms with Crippen molar-refractivity contribution in [3.05, 3.63) is 103 Å². The number of anilines is 2. The van der Waals surface area contributed by atoms with Crippen LogP contribution in [0.5, 0.6) is 0 Å². The Kier molecular flexibility index (Phi) is 4.71. The number of sulfonamides is 1. The molecule has 0 saturated heterocycles. The van der Waals surface area contributed by atoms with Crippen molar-refractivity contribution in [2.24, 2.45) is 0 Å². The quantitative estimate of drug-likeness (QED) is 0.467. The second kappa shape index (κ2) is 7.56. The number of carbonyl (C=O) groups excluding carboxylic acids is 1. The predicted octanol–water partition coefficient (Wildman–Crippen LogP) is 4.58. The fourth-order valence-electron chi connectivity index (χ4n) is 4.03. The van der Waals surface area contributed by atoms with Gasteiger partial charge in [0.1, 0.15) is 6.54 Å². The van der Waals surface area contributed by atoms with Gasteiger partial charge in [0.2, 0.25) is 5.91 Å². The highest BCUT2D eigenvalue weighted by Gasteiger charge is 2.37. The van der Waals surface area contributed by atoms with Crippen LogP contribution in [0.1, 0.15) is 5.56 Å². The molecule has 31 heavy (non-hydrogen) atoms. The van der Waals surface area contributed by atoms with Crippen LogP contribution in [0.2, 0.25) is 0 Å². The second-order valence-corrected chi connectivity index (χ2v) is 9.27. The zero-order chi connectivity index (χ0) is 21.4. The first-order chi connectivity index (χ1) is 15.1. The number of amides is 1. The molecule has 154 valence electrons. The molecule has 1 aliphatic rings. The number of hydrogen-bond acceptors (Lipinski definition) is 3. The lowest BCUT2D eigenvalue weighted by atomic mass is 10.1. The Morgan fingerprint density at radius 3 is 2.13 bits per heavy atom. The van der Waals surface area contributed by atoms with E-state index in [0.717, 1.165) is 16.6 Å². The molecule has 5 rings (SSSR count). The summed E-state index contributed by atoms with van der Waals surface area (Å²) in [6, 6.07) is 29.7. The molecule has 1 aliphatic heterocycles. The zero-order valence-electron chi connectivity index (χ0n) is 16.7. The van der Waals surface area contributed by atoms with Crippen LogP contribution in [0.25, 0.3) is 10.8 Å². The minimum atomic E-state index is -3.80. The highest BCUT2D eigenvalue weighted by atomic mass is 32.2. The van der Waals surface area contributed by atoms with E-state index in [0.29, 0.717) is 17.6 Å². The molecular weight excluding hydrogens is 408 g/mol. The van der Waals surface area contributed by atoms with Crippen LogP contribution >= 0.6 is 0 Å². The van der Waals surface area contributed by atoms with Crippen LogP contribution < -0.4 is 9.21 Å². The largest absolute Gasteiger partial charge is 0.306 e. The highest BCUT2D eigenvalue weighted by Crippen LogP contribution is 2.41. The van der Waals surface area contributed by atoms with Crippen molar-refractivity contribution in [3.63, 3.8) is 0 Å². The third kappa shape index (κ3) is 3.35. The summed E-state index contributed by atoms with van der Waals surface area (Å²) in [5, 5.41) is 1.52. The topological polar surface area (TPSA) is 57.7 Å². The molecule has 0 unspecified atom stereocenters. The van der Waals surface area contributed by atoms with E-state index in [2.05, 4.69) is 0 Å². The average molecular weight is 429 g/mol. The third-order valence-electron chi connectivity index (χ3n) is 5.51. The molecule has 0 atom stereocenters. The van der Waals surface area contributed by atoms with E-state index >= 15 is 0 Å². The highest BCUT2D eigenvalue weighted by molar-refractivity contribution is 7.93. The van der Waals surface area contributed by atoms with Crippen molar-refractivity contribution in [1.82, 2.24) is 0 Å². The summed E-state index contributed by atoms with van der Waals surface area (Å²) in [6.45, 7) is 0.0899. The van der Waals surface area contributed by atoms with Crippen LogP contribution in [-0.2, 0) is 21.4 Å². The molecule has 4 aromatic carbocycles. The fourth-order valence-corrected chi connectivity index (χ4v) is 5.69. The van der Waals surface area contributed by atoms with E-state index in [9.17, 15) is 13.2 Å². The minimum Gasteiger partial charge on any atom is -0.306 e. The number of rotatable bonds is 5.